The van der Waals surface area contributed by atoms with E-state index < -0.39 is 0 Å². The Morgan fingerprint density at radius 1 is 1.33 bits per heavy atom. The fourth-order valence-electron chi connectivity index (χ4n) is 2.65. The molecule has 0 bridgehead atoms. The molecule has 0 spiro atoms. The summed E-state index contributed by atoms with van der Waals surface area (Å²) in [6, 6.07) is 8.34. The van der Waals surface area contributed by atoms with E-state index in [4.69, 9.17) is 15.2 Å². The van der Waals surface area contributed by atoms with Crippen LogP contribution in [0, 0.1) is 5.92 Å². The third-order valence-electron chi connectivity index (χ3n) is 3.65. The molecule has 18 heavy (non-hydrogen) atoms. The largest absolute Gasteiger partial charge is 0.496 e. The van der Waals surface area contributed by atoms with E-state index in [9.17, 15) is 0 Å². The third-order valence-corrected chi connectivity index (χ3v) is 3.65. The van der Waals surface area contributed by atoms with Gasteiger partial charge in [0.2, 0.25) is 0 Å². The van der Waals surface area contributed by atoms with E-state index in [1.807, 2.05) is 18.2 Å². The Labute approximate surface area is 109 Å². The lowest BCUT2D eigenvalue weighted by molar-refractivity contribution is 0.0618. The molecule has 1 atom stereocenters. The molecule has 2 N–H and O–H groups in total. The van der Waals surface area contributed by atoms with Crippen molar-refractivity contribution >= 4 is 0 Å². The summed E-state index contributed by atoms with van der Waals surface area (Å²) in [6.07, 6.45) is 4.28. The molecule has 0 aromatic heterocycles. The highest BCUT2D eigenvalue weighted by Gasteiger charge is 2.18. The van der Waals surface area contributed by atoms with Crippen molar-refractivity contribution in [2.75, 3.05) is 20.3 Å². The van der Waals surface area contributed by atoms with Crippen molar-refractivity contribution < 1.29 is 9.47 Å². The molecule has 1 saturated heterocycles. The predicted octanol–water partition coefficient (Wildman–Crippen LogP) is 2.38. The quantitative estimate of drug-likeness (QED) is 0.871. The number of benzene rings is 1. The van der Waals surface area contributed by atoms with Crippen LogP contribution in [0.25, 0.3) is 0 Å². The van der Waals surface area contributed by atoms with Crippen molar-refractivity contribution in [3.05, 3.63) is 29.8 Å². The average Bonchev–Trinajstić information content (AvgIpc) is 2.40. The Bertz CT molecular complexity index is 361. The summed E-state index contributed by atoms with van der Waals surface area (Å²) in [5, 5.41) is 0. The van der Waals surface area contributed by atoms with Crippen molar-refractivity contribution in [2.24, 2.45) is 11.7 Å². The highest BCUT2D eigenvalue weighted by atomic mass is 16.5. The number of hydrogen-bond donors (Lipinski definition) is 1. The second-order valence-electron chi connectivity index (χ2n) is 5.07. The van der Waals surface area contributed by atoms with Crippen LogP contribution in [0.3, 0.4) is 0 Å². The van der Waals surface area contributed by atoms with Gasteiger partial charge in [0.15, 0.2) is 0 Å². The third kappa shape index (κ3) is 3.72. The molecule has 100 valence electrons. The van der Waals surface area contributed by atoms with Crippen molar-refractivity contribution in [1.82, 2.24) is 0 Å². The van der Waals surface area contributed by atoms with Crippen LogP contribution in [0.1, 0.15) is 24.8 Å². The van der Waals surface area contributed by atoms with Gasteiger partial charge in [-0.2, -0.15) is 0 Å². The summed E-state index contributed by atoms with van der Waals surface area (Å²) in [7, 11) is 1.71. The van der Waals surface area contributed by atoms with Gasteiger partial charge in [0.1, 0.15) is 5.75 Å². The summed E-state index contributed by atoms with van der Waals surface area (Å²) >= 11 is 0. The molecule has 1 aromatic carbocycles. The molecule has 1 aliphatic rings. The molecule has 3 heteroatoms. The maximum absolute atomic E-state index is 6.26. The number of rotatable bonds is 5. The van der Waals surface area contributed by atoms with Crippen LogP contribution in [0.15, 0.2) is 24.3 Å². The molecule has 3 nitrogen and oxygen atoms in total. The monoisotopic (exact) mass is 249 g/mol. The zero-order valence-corrected chi connectivity index (χ0v) is 11.1. The molecule has 1 unspecified atom stereocenters. The number of nitrogens with two attached hydrogens (primary N) is 1. The molecule has 0 amide bonds. The Balaban J connectivity index is 1.87. The second-order valence-corrected chi connectivity index (χ2v) is 5.07. The van der Waals surface area contributed by atoms with E-state index in [2.05, 4.69) is 6.07 Å². The van der Waals surface area contributed by atoms with Crippen LogP contribution >= 0.6 is 0 Å². The summed E-state index contributed by atoms with van der Waals surface area (Å²) in [5.41, 5.74) is 7.47. The summed E-state index contributed by atoms with van der Waals surface area (Å²) in [4.78, 5) is 0. The molecule has 0 aliphatic carbocycles. The number of ether oxygens (including phenoxy) is 2. The molecule has 1 aromatic rings. The normalized spacial score (nSPS) is 18.6. The van der Waals surface area contributed by atoms with Crippen molar-refractivity contribution in [2.45, 2.75) is 31.7 Å². The minimum atomic E-state index is 0.212. The van der Waals surface area contributed by atoms with Gasteiger partial charge < -0.3 is 15.2 Å². The first-order valence-corrected chi connectivity index (χ1v) is 6.75. The van der Waals surface area contributed by atoms with E-state index in [1.165, 1.54) is 5.56 Å². The van der Waals surface area contributed by atoms with Gasteiger partial charge in [-0.05, 0) is 43.2 Å². The van der Waals surface area contributed by atoms with E-state index in [-0.39, 0.29) is 6.04 Å². The van der Waals surface area contributed by atoms with Gasteiger partial charge in [0.25, 0.3) is 0 Å². The van der Waals surface area contributed by atoms with Crippen LogP contribution in [0.2, 0.25) is 0 Å². The summed E-state index contributed by atoms with van der Waals surface area (Å²) in [5.74, 6) is 1.67. The topological polar surface area (TPSA) is 44.5 Å². The standard InChI is InChI=1S/C15H23NO2/c1-17-15-5-3-2-4-13(15)11-14(16)10-12-6-8-18-9-7-12/h2-5,12,14H,6-11,16H2,1H3. The van der Waals surface area contributed by atoms with Gasteiger partial charge in [0, 0.05) is 19.3 Å². The zero-order valence-electron chi connectivity index (χ0n) is 11.1. The fraction of sp³-hybridized carbons (Fsp3) is 0.600. The summed E-state index contributed by atoms with van der Waals surface area (Å²) < 4.78 is 10.7. The van der Waals surface area contributed by atoms with E-state index >= 15 is 0 Å². The molecule has 1 fully saturated rings. The van der Waals surface area contributed by atoms with E-state index in [0.717, 1.165) is 50.6 Å². The number of hydrogen-bond acceptors (Lipinski definition) is 3. The lowest BCUT2D eigenvalue weighted by Crippen LogP contribution is -2.29. The van der Waals surface area contributed by atoms with E-state index in [1.54, 1.807) is 7.11 Å². The molecule has 2 rings (SSSR count). The minimum absolute atomic E-state index is 0.212. The Hall–Kier alpha value is -1.06. The Morgan fingerprint density at radius 2 is 2.06 bits per heavy atom. The predicted molar refractivity (Wildman–Crippen MR) is 72.8 cm³/mol. The minimum Gasteiger partial charge on any atom is -0.496 e. The molecular formula is C15H23NO2. The van der Waals surface area contributed by atoms with Crippen molar-refractivity contribution in [1.29, 1.82) is 0 Å². The fourth-order valence-corrected chi connectivity index (χ4v) is 2.65. The molecule has 0 saturated carbocycles. The molecule has 1 heterocycles. The SMILES string of the molecule is COc1ccccc1CC(N)CC1CCOCC1. The van der Waals surface area contributed by atoms with Crippen LogP contribution in [0.4, 0.5) is 0 Å². The van der Waals surface area contributed by atoms with Crippen LogP contribution < -0.4 is 10.5 Å². The Kier molecular flexibility index (Phi) is 5.02. The van der Waals surface area contributed by atoms with Gasteiger partial charge in [0.05, 0.1) is 7.11 Å². The first-order chi connectivity index (χ1) is 8.79. The average molecular weight is 249 g/mol. The van der Waals surface area contributed by atoms with Gasteiger partial charge in [-0.3, -0.25) is 0 Å². The molecular weight excluding hydrogens is 226 g/mol. The summed E-state index contributed by atoms with van der Waals surface area (Å²) in [6.45, 7) is 1.79. The molecule has 1 aliphatic heterocycles. The number of methoxy groups -OCH3 is 1. The van der Waals surface area contributed by atoms with Crippen molar-refractivity contribution in [3.63, 3.8) is 0 Å². The van der Waals surface area contributed by atoms with Gasteiger partial charge in [-0.25, -0.2) is 0 Å². The van der Waals surface area contributed by atoms with Crippen LogP contribution in [0.5, 0.6) is 5.75 Å². The highest BCUT2D eigenvalue weighted by molar-refractivity contribution is 5.33. The van der Waals surface area contributed by atoms with Gasteiger partial charge in [-0.15, -0.1) is 0 Å². The van der Waals surface area contributed by atoms with Crippen LogP contribution in [-0.4, -0.2) is 26.4 Å². The molecule has 0 radical (unpaired) electrons. The van der Waals surface area contributed by atoms with E-state index in [0.29, 0.717) is 0 Å². The van der Waals surface area contributed by atoms with Gasteiger partial charge >= 0.3 is 0 Å². The van der Waals surface area contributed by atoms with Gasteiger partial charge in [-0.1, -0.05) is 18.2 Å². The smallest absolute Gasteiger partial charge is 0.122 e. The van der Waals surface area contributed by atoms with Crippen molar-refractivity contribution in [3.8, 4) is 5.75 Å². The zero-order chi connectivity index (χ0) is 12.8. The highest BCUT2D eigenvalue weighted by Crippen LogP contribution is 2.23. The van der Waals surface area contributed by atoms with Crippen LogP contribution in [-0.2, 0) is 11.2 Å². The second kappa shape index (κ2) is 6.76. The maximum atomic E-state index is 6.26. The number of para-hydroxylation sites is 1. The first-order valence-electron chi connectivity index (χ1n) is 6.75. The lowest BCUT2D eigenvalue weighted by atomic mass is 9.90. The first kappa shape index (κ1) is 13.4. The lowest BCUT2D eigenvalue weighted by Gasteiger charge is -2.25. The maximum Gasteiger partial charge on any atom is 0.122 e. The Morgan fingerprint density at radius 3 is 2.78 bits per heavy atom.